The number of alkyl halides is 1. The van der Waals surface area contributed by atoms with E-state index in [1.54, 1.807) is 11.0 Å². The summed E-state index contributed by atoms with van der Waals surface area (Å²) in [5.41, 5.74) is -0.670. The van der Waals surface area contributed by atoms with Crippen molar-refractivity contribution in [3.8, 4) is 0 Å². The molecule has 34 heavy (non-hydrogen) atoms. The van der Waals surface area contributed by atoms with Crippen molar-refractivity contribution < 1.29 is 27.1 Å². The molecule has 3 heterocycles. The minimum atomic E-state index is -1.57. The van der Waals surface area contributed by atoms with Gasteiger partial charge >= 0.3 is 0 Å². The van der Waals surface area contributed by atoms with Gasteiger partial charge in [0.2, 0.25) is 0 Å². The molecule has 0 saturated carbocycles. The van der Waals surface area contributed by atoms with Crippen LogP contribution in [-0.2, 0) is 6.42 Å². The van der Waals surface area contributed by atoms with Crippen LogP contribution in [0.4, 0.5) is 17.6 Å². The second-order valence-electron chi connectivity index (χ2n) is 9.85. The highest BCUT2D eigenvalue weighted by Crippen LogP contribution is 2.51. The van der Waals surface area contributed by atoms with Crippen LogP contribution in [0.3, 0.4) is 0 Å². The third kappa shape index (κ3) is 3.48. The molecule has 2 aliphatic rings. The van der Waals surface area contributed by atoms with E-state index < -0.39 is 35.1 Å². The van der Waals surface area contributed by atoms with E-state index in [2.05, 4.69) is 0 Å². The maximum absolute atomic E-state index is 15.6. The predicted molar refractivity (Wildman–Crippen MR) is 123 cm³/mol. The molecule has 5 rings (SSSR count). The molecule has 0 spiro atoms. The molecule has 5 atom stereocenters. The zero-order chi connectivity index (χ0) is 24.4. The lowest BCUT2D eigenvalue weighted by molar-refractivity contribution is 0.134. The lowest BCUT2D eigenvalue weighted by Crippen LogP contribution is -2.39. The van der Waals surface area contributed by atoms with E-state index in [0.717, 1.165) is 0 Å². The van der Waals surface area contributed by atoms with Crippen LogP contribution in [0, 0.1) is 29.3 Å². The number of hydrogen-bond acceptors (Lipinski definition) is 3. The molecule has 3 aromatic rings. The van der Waals surface area contributed by atoms with Gasteiger partial charge in [-0.05, 0) is 49.1 Å². The Morgan fingerprint density at radius 1 is 1.15 bits per heavy atom. The van der Waals surface area contributed by atoms with E-state index in [-0.39, 0.29) is 42.0 Å². The van der Waals surface area contributed by atoms with Gasteiger partial charge < -0.3 is 9.52 Å². The highest BCUT2D eigenvalue weighted by Gasteiger charge is 2.55. The predicted octanol–water partition coefficient (Wildman–Crippen LogP) is 6.19. The molecular weight excluding hydrogens is 446 g/mol. The lowest BCUT2D eigenvalue weighted by Gasteiger charge is -2.34. The van der Waals surface area contributed by atoms with Crippen molar-refractivity contribution in [3.05, 3.63) is 76.3 Å². The lowest BCUT2D eigenvalue weighted by atomic mass is 9.82. The molecule has 4 unspecified atom stereocenters. The van der Waals surface area contributed by atoms with Gasteiger partial charge in [-0.3, -0.25) is 4.90 Å². The molecule has 2 aliphatic heterocycles. The quantitative estimate of drug-likeness (QED) is 0.461. The van der Waals surface area contributed by atoms with Crippen LogP contribution >= 0.6 is 0 Å². The van der Waals surface area contributed by atoms with E-state index in [9.17, 15) is 4.39 Å². The van der Waals surface area contributed by atoms with E-state index >= 15 is 13.2 Å². The summed E-state index contributed by atoms with van der Waals surface area (Å²) in [6, 6.07) is 5.50. The Labute approximate surface area is 195 Å². The molecule has 7 heteroatoms. The summed E-state index contributed by atoms with van der Waals surface area (Å²) in [5.74, 6) is -2.30. The van der Waals surface area contributed by atoms with E-state index in [0.29, 0.717) is 23.0 Å². The van der Waals surface area contributed by atoms with Gasteiger partial charge in [0.05, 0.1) is 12.0 Å². The summed E-state index contributed by atoms with van der Waals surface area (Å²) < 4.78 is 67.7. The first-order chi connectivity index (χ1) is 16.1. The van der Waals surface area contributed by atoms with Gasteiger partial charge in [0, 0.05) is 29.6 Å². The van der Waals surface area contributed by atoms with Gasteiger partial charge in [0.15, 0.2) is 0 Å². The summed E-state index contributed by atoms with van der Waals surface area (Å²) in [7, 11) is 0. The fourth-order valence-electron chi connectivity index (χ4n) is 5.98. The Hall–Kier alpha value is -2.64. The Balaban J connectivity index is 1.78. The molecule has 1 fully saturated rings. The van der Waals surface area contributed by atoms with Crippen LogP contribution in [0.1, 0.15) is 49.3 Å². The summed E-state index contributed by atoms with van der Waals surface area (Å²) in [6.45, 7) is 5.01. The van der Waals surface area contributed by atoms with E-state index in [4.69, 9.17) is 9.52 Å². The van der Waals surface area contributed by atoms with Gasteiger partial charge in [0.25, 0.3) is 0 Å². The maximum atomic E-state index is 15.6. The molecule has 1 aromatic heterocycles. The third-order valence-electron chi connectivity index (χ3n) is 7.61. The normalized spacial score (nSPS) is 29.5. The van der Waals surface area contributed by atoms with E-state index in [1.165, 1.54) is 43.3 Å². The summed E-state index contributed by atoms with van der Waals surface area (Å²) in [4.78, 5) is 1.80. The van der Waals surface area contributed by atoms with Crippen LogP contribution in [0.15, 0.2) is 40.8 Å². The molecule has 0 bridgehead atoms. The standard InChI is InChI=1S/C27H27F4NO2/c1-14-10-17-22-18(28)7-4-8-21(22)34-26(17)25(32-13-27(3,31)15(2)24(14)32)23-19(29)11-16(6-5-9-33)12-20(23)30/h4-8,11-12,14-15,24-25,33H,9-10,13H2,1-3H3/b6-5+/t14?,15?,24-,25?,27?/m0/s1. The first kappa shape index (κ1) is 23.1. The highest BCUT2D eigenvalue weighted by atomic mass is 19.1. The molecule has 3 nitrogen and oxygen atoms in total. The number of nitrogens with zero attached hydrogens (tertiary/aromatic N) is 1. The summed E-state index contributed by atoms with van der Waals surface area (Å²) in [6.07, 6.45) is 3.21. The Morgan fingerprint density at radius 2 is 1.85 bits per heavy atom. The molecular formula is C27H27F4NO2. The maximum Gasteiger partial charge on any atom is 0.137 e. The number of aliphatic hydroxyl groups is 1. The van der Waals surface area contributed by atoms with Crippen LogP contribution in [0.5, 0.6) is 0 Å². The van der Waals surface area contributed by atoms with Gasteiger partial charge in [-0.15, -0.1) is 0 Å². The van der Waals surface area contributed by atoms with Gasteiger partial charge in [-0.1, -0.05) is 32.1 Å². The number of fused-ring (bicyclic) bond motifs is 4. The van der Waals surface area contributed by atoms with Gasteiger partial charge in [-0.2, -0.15) is 0 Å². The average Bonchev–Trinajstić information content (AvgIpc) is 3.20. The minimum Gasteiger partial charge on any atom is -0.459 e. The molecule has 180 valence electrons. The molecule has 0 amide bonds. The molecule has 0 aliphatic carbocycles. The summed E-state index contributed by atoms with van der Waals surface area (Å²) in [5, 5.41) is 9.31. The number of furan rings is 1. The number of aliphatic hydroxyl groups excluding tert-OH is 1. The number of rotatable bonds is 3. The smallest absolute Gasteiger partial charge is 0.137 e. The fourth-order valence-corrected chi connectivity index (χ4v) is 5.98. The van der Waals surface area contributed by atoms with Gasteiger partial charge in [0.1, 0.15) is 40.5 Å². The molecule has 1 saturated heterocycles. The number of hydrogen-bond donors (Lipinski definition) is 1. The Morgan fingerprint density at radius 3 is 2.53 bits per heavy atom. The van der Waals surface area contributed by atoms with Crippen molar-refractivity contribution >= 4 is 17.0 Å². The summed E-state index contributed by atoms with van der Waals surface area (Å²) >= 11 is 0. The van der Waals surface area contributed by atoms with E-state index in [1.807, 2.05) is 13.8 Å². The zero-order valence-corrected chi connectivity index (χ0v) is 19.3. The topological polar surface area (TPSA) is 36.6 Å². The monoisotopic (exact) mass is 473 g/mol. The average molecular weight is 474 g/mol. The van der Waals surface area contributed by atoms with Crippen molar-refractivity contribution in [2.75, 3.05) is 13.2 Å². The molecule has 0 radical (unpaired) electrons. The fraction of sp³-hybridized carbons (Fsp3) is 0.407. The van der Waals surface area contributed by atoms with Crippen molar-refractivity contribution in [2.45, 2.75) is 44.9 Å². The second-order valence-corrected chi connectivity index (χ2v) is 9.85. The Bertz CT molecular complexity index is 1260. The third-order valence-corrected chi connectivity index (χ3v) is 7.61. The van der Waals surface area contributed by atoms with Crippen LogP contribution in [0.25, 0.3) is 17.0 Å². The first-order valence-electron chi connectivity index (χ1n) is 11.5. The van der Waals surface area contributed by atoms with Crippen molar-refractivity contribution in [1.29, 1.82) is 0 Å². The van der Waals surface area contributed by atoms with Crippen LogP contribution in [0.2, 0.25) is 0 Å². The van der Waals surface area contributed by atoms with Crippen molar-refractivity contribution in [1.82, 2.24) is 4.90 Å². The number of halogens is 4. The zero-order valence-electron chi connectivity index (χ0n) is 19.3. The molecule has 1 N–H and O–H groups in total. The van der Waals surface area contributed by atoms with Crippen LogP contribution in [-0.4, -0.2) is 34.9 Å². The van der Waals surface area contributed by atoms with Crippen LogP contribution < -0.4 is 0 Å². The first-order valence-corrected chi connectivity index (χ1v) is 11.5. The Kier molecular flexibility index (Phi) is 5.60. The molecule has 2 aromatic carbocycles. The van der Waals surface area contributed by atoms with Crippen molar-refractivity contribution in [3.63, 3.8) is 0 Å². The second kappa shape index (κ2) is 8.24. The SMILES string of the molecule is CC1Cc2c(oc3cccc(F)c23)C(c2c(F)cc(/C=C/CO)cc2F)N2CC(C)(F)C(C)[C@H]12. The number of benzene rings is 2. The highest BCUT2D eigenvalue weighted by molar-refractivity contribution is 5.83. The van der Waals surface area contributed by atoms with Crippen molar-refractivity contribution in [2.24, 2.45) is 11.8 Å². The van der Waals surface area contributed by atoms with Gasteiger partial charge in [-0.25, -0.2) is 17.6 Å². The largest absolute Gasteiger partial charge is 0.459 e. The minimum absolute atomic E-state index is 0.0299.